The molecule has 3 aromatic carbocycles. The van der Waals surface area contributed by atoms with Gasteiger partial charge in [-0.25, -0.2) is 9.37 Å². The molecule has 0 radical (unpaired) electrons. The molecule has 1 unspecified atom stereocenters. The number of thiazole rings is 1. The van der Waals surface area contributed by atoms with Crippen molar-refractivity contribution in [1.29, 1.82) is 0 Å². The number of ether oxygens (including phenoxy) is 3. The van der Waals surface area contributed by atoms with Gasteiger partial charge in [0.15, 0.2) is 16.6 Å². The molecule has 1 aliphatic heterocycles. The van der Waals surface area contributed by atoms with Crippen molar-refractivity contribution in [2.75, 3.05) is 26.2 Å². The first kappa shape index (κ1) is 24.3. The van der Waals surface area contributed by atoms with E-state index in [1.54, 1.807) is 43.5 Å². The number of hydrogen-bond donors (Lipinski definition) is 1. The summed E-state index contributed by atoms with van der Waals surface area (Å²) in [7, 11) is 4.51. The van der Waals surface area contributed by atoms with Crippen molar-refractivity contribution in [3.05, 3.63) is 83.2 Å². The number of aromatic nitrogens is 1. The Morgan fingerprint density at radius 3 is 2.35 bits per heavy atom. The number of carbonyl (C=O) groups excluding carboxylic acids is 2. The van der Waals surface area contributed by atoms with Crippen LogP contribution in [-0.4, -0.2) is 43.1 Å². The summed E-state index contributed by atoms with van der Waals surface area (Å²) in [6, 6.07) is 14.2. The van der Waals surface area contributed by atoms with Crippen molar-refractivity contribution in [1.82, 2.24) is 4.98 Å². The average Bonchev–Trinajstić information content (AvgIpc) is 3.45. The molecule has 2 heterocycles. The van der Waals surface area contributed by atoms with Gasteiger partial charge in [-0.2, -0.15) is 0 Å². The maximum absolute atomic E-state index is 13.5. The Hall–Kier alpha value is -4.44. The summed E-state index contributed by atoms with van der Waals surface area (Å²) >= 11 is 1.21. The number of aliphatic hydroxyl groups is 1. The van der Waals surface area contributed by atoms with Crippen LogP contribution in [0.15, 0.2) is 66.2 Å². The predicted molar refractivity (Wildman–Crippen MR) is 137 cm³/mol. The molecular weight excluding hydrogens is 499 g/mol. The van der Waals surface area contributed by atoms with Crippen molar-refractivity contribution >= 4 is 44.1 Å². The molecule has 1 fully saturated rings. The van der Waals surface area contributed by atoms with Crippen LogP contribution in [-0.2, 0) is 9.59 Å². The molecule has 1 atom stereocenters. The second-order valence-electron chi connectivity index (χ2n) is 8.12. The molecule has 188 valence electrons. The molecule has 10 heteroatoms. The third kappa shape index (κ3) is 4.15. The zero-order valence-corrected chi connectivity index (χ0v) is 20.8. The lowest BCUT2D eigenvalue weighted by Gasteiger charge is -2.23. The van der Waals surface area contributed by atoms with Gasteiger partial charge >= 0.3 is 5.91 Å². The van der Waals surface area contributed by atoms with E-state index in [2.05, 4.69) is 4.98 Å². The molecule has 0 spiro atoms. The van der Waals surface area contributed by atoms with Crippen LogP contribution in [0.3, 0.4) is 0 Å². The molecule has 1 saturated heterocycles. The number of ketones is 1. The number of anilines is 1. The van der Waals surface area contributed by atoms with Crippen LogP contribution in [0.1, 0.15) is 17.2 Å². The lowest BCUT2D eigenvalue weighted by Crippen LogP contribution is -2.29. The van der Waals surface area contributed by atoms with Crippen LogP contribution in [0.5, 0.6) is 17.2 Å². The largest absolute Gasteiger partial charge is 0.507 e. The number of carbonyl (C=O) groups is 2. The van der Waals surface area contributed by atoms with Crippen LogP contribution in [0.25, 0.3) is 16.0 Å². The number of amides is 1. The van der Waals surface area contributed by atoms with Crippen molar-refractivity contribution in [2.24, 2.45) is 0 Å². The Morgan fingerprint density at radius 2 is 1.68 bits per heavy atom. The van der Waals surface area contributed by atoms with E-state index in [1.807, 2.05) is 0 Å². The minimum Gasteiger partial charge on any atom is -0.507 e. The van der Waals surface area contributed by atoms with Crippen LogP contribution >= 0.6 is 11.3 Å². The summed E-state index contributed by atoms with van der Waals surface area (Å²) in [5.74, 6) is -1.22. The fraction of sp³-hybridized carbons (Fsp3) is 0.148. The van der Waals surface area contributed by atoms with Gasteiger partial charge in [-0.3, -0.25) is 14.5 Å². The zero-order valence-electron chi connectivity index (χ0n) is 20.0. The average molecular weight is 521 g/mol. The molecule has 8 nitrogen and oxygen atoms in total. The molecule has 0 saturated carbocycles. The summed E-state index contributed by atoms with van der Waals surface area (Å²) in [4.78, 5) is 32.6. The molecule has 0 aliphatic carbocycles. The normalized spacial score (nSPS) is 16.9. The summed E-state index contributed by atoms with van der Waals surface area (Å²) in [5.41, 5.74) is 1.14. The fourth-order valence-electron chi connectivity index (χ4n) is 4.25. The molecule has 37 heavy (non-hydrogen) atoms. The highest BCUT2D eigenvalue weighted by atomic mass is 32.1. The van der Waals surface area contributed by atoms with E-state index in [0.717, 1.165) is 16.8 Å². The van der Waals surface area contributed by atoms with Gasteiger partial charge in [0.25, 0.3) is 5.78 Å². The third-order valence-corrected chi connectivity index (χ3v) is 7.09. The van der Waals surface area contributed by atoms with Crippen molar-refractivity contribution < 1.29 is 33.3 Å². The van der Waals surface area contributed by atoms with Crippen molar-refractivity contribution in [3.63, 3.8) is 0 Å². The lowest BCUT2D eigenvalue weighted by atomic mass is 9.95. The van der Waals surface area contributed by atoms with E-state index in [0.29, 0.717) is 28.3 Å². The fourth-order valence-corrected chi connectivity index (χ4v) is 5.27. The first-order valence-corrected chi connectivity index (χ1v) is 11.9. The number of fused-ring (bicyclic) bond motifs is 1. The number of rotatable bonds is 6. The van der Waals surface area contributed by atoms with Gasteiger partial charge in [0.05, 0.1) is 43.2 Å². The molecule has 0 bridgehead atoms. The molecule has 4 aromatic rings. The van der Waals surface area contributed by atoms with Gasteiger partial charge in [-0.15, -0.1) is 0 Å². The Balaban J connectivity index is 1.73. The second-order valence-corrected chi connectivity index (χ2v) is 9.13. The van der Waals surface area contributed by atoms with E-state index in [9.17, 15) is 19.1 Å². The molecule has 5 rings (SSSR count). The molecular formula is C27H21FN2O6S. The summed E-state index contributed by atoms with van der Waals surface area (Å²) < 4.78 is 30.3. The summed E-state index contributed by atoms with van der Waals surface area (Å²) in [5, 5.41) is 11.5. The first-order chi connectivity index (χ1) is 17.9. The maximum Gasteiger partial charge on any atom is 0.301 e. The smallest absolute Gasteiger partial charge is 0.301 e. The number of methoxy groups -OCH3 is 3. The zero-order chi connectivity index (χ0) is 26.3. The van der Waals surface area contributed by atoms with Crippen LogP contribution in [0, 0.1) is 5.82 Å². The predicted octanol–water partition coefficient (Wildman–Crippen LogP) is 5.09. The van der Waals surface area contributed by atoms with Gasteiger partial charge < -0.3 is 19.3 Å². The lowest BCUT2D eigenvalue weighted by molar-refractivity contribution is -0.132. The van der Waals surface area contributed by atoms with E-state index >= 15 is 0 Å². The molecule has 1 aromatic heterocycles. The number of hydrogen-bond acceptors (Lipinski definition) is 8. The third-order valence-electron chi connectivity index (χ3n) is 6.08. The standard InChI is InChI=1S/C27H21FN2O6S/c1-34-17-9-10-18-21(13-17)37-27(29-18)30-23(15-6-11-19(35-2)20(12-15)36-3)22(25(32)26(30)33)24(31)14-4-7-16(28)8-5-14/h4-13,23,31H,1-3H3. The van der Waals surface area contributed by atoms with E-state index in [1.165, 1.54) is 42.6 Å². The van der Waals surface area contributed by atoms with Gasteiger partial charge in [0.2, 0.25) is 0 Å². The number of aliphatic hydroxyl groups excluding tert-OH is 1. The highest BCUT2D eigenvalue weighted by Gasteiger charge is 2.48. The maximum atomic E-state index is 13.5. The first-order valence-electron chi connectivity index (χ1n) is 11.1. The molecule has 1 amide bonds. The second kappa shape index (κ2) is 9.55. The summed E-state index contributed by atoms with van der Waals surface area (Å²) in [6.07, 6.45) is 0. The topological polar surface area (TPSA) is 98.2 Å². The minimum atomic E-state index is -1.03. The van der Waals surface area contributed by atoms with Gasteiger partial charge in [-0.1, -0.05) is 17.4 Å². The quantitative estimate of drug-likeness (QED) is 0.215. The Morgan fingerprint density at radius 1 is 0.946 bits per heavy atom. The van der Waals surface area contributed by atoms with Crippen molar-refractivity contribution in [3.8, 4) is 17.2 Å². The van der Waals surface area contributed by atoms with Crippen LogP contribution in [0.2, 0.25) is 0 Å². The van der Waals surface area contributed by atoms with Gasteiger partial charge in [0, 0.05) is 5.56 Å². The van der Waals surface area contributed by atoms with E-state index in [4.69, 9.17) is 14.2 Å². The highest BCUT2D eigenvalue weighted by Crippen LogP contribution is 2.46. The van der Waals surface area contributed by atoms with Crippen molar-refractivity contribution in [2.45, 2.75) is 6.04 Å². The SMILES string of the molecule is COc1ccc2nc(N3C(=O)C(=O)C(=C(O)c4ccc(F)cc4)C3c3ccc(OC)c(OC)c3)sc2c1. The molecule has 1 N–H and O–H groups in total. The number of Topliss-reactive ketones (excluding diaryl/α,β-unsaturated/α-hetero) is 1. The minimum absolute atomic E-state index is 0.152. The van der Waals surface area contributed by atoms with Gasteiger partial charge in [0.1, 0.15) is 17.3 Å². The van der Waals surface area contributed by atoms with Crippen LogP contribution in [0.4, 0.5) is 9.52 Å². The number of benzene rings is 3. The van der Waals surface area contributed by atoms with Gasteiger partial charge in [-0.05, 0) is 60.2 Å². The molecule has 1 aliphatic rings. The highest BCUT2D eigenvalue weighted by molar-refractivity contribution is 7.22. The van der Waals surface area contributed by atoms with Crippen LogP contribution < -0.4 is 19.1 Å². The number of nitrogens with zero attached hydrogens (tertiary/aromatic N) is 2. The number of halogens is 1. The Kier molecular flexibility index (Phi) is 6.26. The van der Waals surface area contributed by atoms with E-state index in [-0.39, 0.29) is 16.3 Å². The van der Waals surface area contributed by atoms with E-state index < -0.39 is 29.3 Å². The summed E-state index contributed by atoms with van der Waals surface area (Å²) in [6.45, 7) is 0. The Bertz CT molecular complexity index is 1560. The monoisotopic (exact) mass is 520 g/mol. The Labute approximate surface area is 215 Å².